The van der Waals surface area contributed by atoms with Gasteiger partial charge in [-0.15, -0.1) is 11.3 Å². The minimum atomic E-state index is -0.209. The van der Waals surface area contributed by atoms with E-state index in [1.807, 2.05) is 72.1 Å². The van der Waals surface area contributed by atoms with E-state index in [2.05, 4.69) is 0 Å². The Morgan fingerprint density at radius 3 is 2.51 bits per heavy atom. The van der Waals surface area contributed by atoms with Gasteiger partial charge in [0.25, 0.3) is 11.5 Å². The van der Waals surface area contributed by atoms with Gasteiger partial charge in [0.1, 0.15) is 5.75 Å². The van der Waals surface area contributed by atoms with Crippen molar-refractivity contribution in [1.82, 2.24) is 4.40 Å². The minimum absolute atomic E-state index is 0.206. The highest BCUT2D eigenvalue weighted by molar-refractivity contribution is 7.18. The third-order valence-electron chi connectivity index (χ3n) is 6.01. The van der Waals surface area contributed by atoms with Crippen molar-refractivity contribution in [2.24, 2.45) is 0 Å². The van der Waals surface area contributed by atoms with Gasteiger partial charge in [-0.05, 0) is 47.2 Å². The van der Waals surface area contributed by atoms with Crippen molar-refractivity contribution in [3.05, 3.63) is 100 Å². The number of nitrogens with zero attached hydrogens (tertiary/aromatic N) is 2. The first kappa shape index (κ1) is 22.8. The number of carbonyl (C=O) groups is 1. The molecule has 0 unspecified atom stereocenters. The van der Waals surface area contributed by atoms with Crippen LogP contribution < -0.4 is 15.2 Å². The second-order valence-corrected chi connectivity index (χ2v) is 8.92. The molecule has 0 N–H and O–H groups in total. The normalized spacial score (nSPS) is 11.1. The fraction of sp³-hybridized carbons (Fsp3) is 0.143. The molecule has 35 heavy (non-hydrogen) atoms. The van der Waals surface area contributed by atoms with Gasteiger partial charge in [-0.25, -0.2) is 0 Å². The molecule has 6 nitrogen and oxygen atoms in total. The van der Waals surface area contributed by atoms with E-state index in [9.17, 15) is 9.59 Å². The van der Waals surface area contributed by atoms with Gasteiger partial charge in [0.15, 0.2) is 0 Å². The SMILES string of the molecule is COCCN(C(=O)c1cc(-c2ccccc2OC)c(=O)n2ccc3ccsc3c12)c1ccccc1. The van der Waals surface area contributed by atoms with Crippen molar-refractivity contribution >= 4 is 38.5 Å². The molecule has 0 saturated heterocycles. The van der Waals surface area contributed by atoms with Gasteiger partial charge >= 0.3 is 0 Å². The Morgan fingerprint density at radius 1 is 0.971 bits per heavy atom. The molecule has 0 aliphatic heterocycles. The summed E-state index contributed by atoms with van der Waals surface area (Å²) < 4.78 is 13.3. The molecule has 176 valence electrons. The Labute approximate surface area is 206 Å². The van der Waals surface area contributed by atoms with Crippen LogP contribution in [0.3, 0.4) is 0 Å². The quantitative estimate of drug-likeness (QED) is 0.307. The number of para-hydroxylation sites is 2. The lowest BCUT2D eigenvalue weighted by Gasteiger charge is -2.24. The summed E-state index contributed by atoms with van der Waals surface area (Å²) in [5, 5.41) is 2.95. The molecule has 0 spiro atoms. The number of thiophene rings is 1. The minimum Gasteiger partial charge on any atom is -0.496 e. The zero-order chi connectivity index (χ0) is 24.4. The highest BCUT2D eigenvalue weighted by atomic mass is 32.1. The van der Waals surface area contributed by atoms with E-state index in [1.54, 1.807) is 35.8 Å². The number of benzene rings is 2. The molecule has 5 aromatic rings. The largest absolute Gasteiger partial charge is 0.496 e. The van der Waals surface area contributed by atoms with Crippen LogP contribution in [0.1, 0.15) is 10.4 Å². The smallest absolute Gasteiger partial charge is 0.263 e. The zero-order valence-corrected chi connectivity index (χ0v) is 20.2. The molecule has 0 aliphatic carbocycles. The van der Waals surface area contributed by atoms with Gasteiger partial charge < -0.3 is 14.4 Å². The average molecular weight is 485 g/mol. The maximum atomic E-state index is 14.2. The van der Waals surface area contributed by atoms with Crippen LogP contribution >= 0.6 is 11.3 Å². The first-order valence-corrected chi connectivity index (χ1v) is 12.1. The molecule has 0 saturated carbocycles. The Kier molecular flexibility index (Phi) is 6.35. The maximum absolute atomic E-state index is 14.2. The zero-order valence-electron chi connectivity index (χ0n) is 19.4. The monoisotopic (exact) mass is 484 g/mol. The highest BCUT2D eigenvalue weighted by Crippen LogP contribution is 2.33. The number of methoxy groups -OCH3 is 2. The first-order valence-electron chi connectivity index (χ1n) is 11.2. The lowest BCUT2D eigenvalue weighted by atomic mass is 10.0. The van der Waals surface area contributed by atoms with Crippen molar-refractivity contribution < 1.29 is 14.3 Å². The molecule has 0 aliphatic rings. The second kappa shape index (κ2) is 9.74. The van der Waals surface area contributed by atoms with E-state index in [-0.39, 0.29) is 11.5 Å². The Balaban J connectivity index is 1.81. The molecule has 0 atom stereocenters. The number of rotatable bonds is 7. The molecule has 0 radical (unpaired) electrons. The van der Waals surface area contributed by atoms with E-state index in [0.717, 1.165) is 15.8 Å². The standard InChI is InChI=1S/C28H24N2O4S/c1-33-16-15-29(20-8-4-3-5-9-20)28(32)23-18-22(21-10-6-7-11-24(21)34-2)27(31)30-14-12-19-13-17-35-26(19)25(23)30/h3-14,17-18H,15-16H2,1-2H3. The number of fused-ring (bicyclic) bond motifs is 3. The molecular weight excluding hydrogens is 460 g/mol. The second-order valence-electron chi connectivity index (χ2n) is 8.00. The van der Waals surface area contributed by atoms with Crippen molar-refractivity contribution in [2.45, 2.75) is 0 Å². The fourth-order valence-corrected chi connectivity index (χ4v) is 5.26. The van der Waals surface area contributed by atoms with E-state index in [1.165, 1.54) is 11.3 Å². The summed E-state index contributed by atoms with van der Waals surface area (Å²) >= 11 is 1.51. The van der Waals surface area contributed by atoms with Crippen LogP contribution in [0.2, 0.25) is 0 Å². The van der Waals surface area contributed by atoms with Crippen LogP contribution in [0, 0.1) is 0 Å². The van der Waals surface area contributed by atoms with Crippen molar-refractivity contribution in [3.8, 4) is 16.9 Å². The van der Waals surface area contributed by atoms with E-state index in [4.69, 9.17) is 9.47 Å². The Bertz CT molecular complexity index is 1570. The van der Waals surface area contributed by atoms with Crippen LogP contribution in [-0.2, 0) is 4.74 Å². The van der Waals surface area contributed by atoms with Crippen molar-refractivity contribution in [1.29, 1.82) is 0 Å². The number of pyridine rings is 2. The molecule has 0 bridgehead atoms. The van der Waals surface area contributed by atoms with Gasteiger partial charge in [0, 0.05) is 31.1 Å². The number of aromatic nitrogens is 1. The highest BCUT2D eigenvalue weighted by Gasteiger charge is 2.25. The third-order valence-corrected chi connectivity index (χ3v) is 6.94. The van der Waals surface area contributed by atoms with Crippen LogP contribution in [0.4, 0.5) is 5.69 Å². The van der Waals surface area contributed by atoms with Gasteiger partial charge in [-0.3, -0.25) is 14.0 Å². The van der Waals surface area contributed by atoms with Gasteiger partial charge in [-0.2, -0.15) is 0 Å². The number of amides is 1. The number of ether oxygens (including phenoxy) is 2. The summed E-state index contributed by atoms with van der Waals surface area (Å²) in [6.45, 7) is 0.744. The van der Waals surface area contributed by atoms with Crippen molar-refractivity contribution in [2.75, 3.05) is 32.3 Å². The summed E-state index contributed by atoms with van der Waals surface area (Å²) in [5.74, 6) is 0.363. The van der Waals surface area contributed by atoms with Crippen LogP contribution in [0.15, 0.2) is 89.2 Å². The van der Waals surface area contributed by atoms with E-state index < -0.39 is 0 Å². The third kappa shape index (κ3) is 4.09. The lowest BCUT2D eigenvalue weighted by Crippen LogP contribution is -2.35. The van der Waals surface area contributed by atoms with Crippen LogP contribution in [-0.4, -0.2) is 37.7 Å². The summed E-state index contributed by atoms with van der Waals surface area (Å²) in [6, 6.07) is 22.4. The fourth-order valence-electron chi connectivity index (χ4n) is 4.31. The van der Waals surface area contributed by atoms with Crippen LogP contribution in [0.25, 0.3) is 26.7 Å². The summed E-state index contributed by atoms with van der Waals surface area (Å²) in [4.78, 5) is 29.6. The molecule has 0 fully saturated rings. The first-order chi connectivity index (χ1) is 17.1. The molecule has 2 aromatic carbocycles. The maximum Gasteiger partial charge on any atom is 0.263 e. The molecule has 7 heteroatoms. The van der Waals surface area contributed by atoms with Gasteiger partial charge in [-0.1, -0.05) is 36.4 Å². The molecule has 3 aromatic heterocycles. The predicted molar refractivity (Wildman–Crippen MR) is 141 cm³/mol. The topological polar surface area (TPSA) is 60.2 Å². The number of carbonyl (C=O) groups excluding carboxylic acids is 1. The predicted octanol–water partition coefficient (Wildman–Crippen LogP) is 5.48. The van der Waals surface area contributed by atoms with Gasteiger partial charge in [0.05, 0.1) is 35.1 Å². The molecule has 3 heterocycles. The number of hydrogen-bond acceptors (Lipinski definition) is 5. The van der Waals surface area contributed by atoms with Crippen LogP contribution in [0.5, 0.6) is 5.75 Å². The summed E-state index contributed by atoms with van der Waals surface area (Å²) in [7, 11) is 3.18. The lowest BCUT2D eigenvalue weighted by molar-refractivity contribution is 0.0977. The number of hydrogen-bond donors (Lipinski definition) is 0. The Morgan fingerprint density at radius 2 is 1.74 bits per heavy atom. The van der Waals surface area contributed by atoms with Gasteiger partial charge in [0.2, 0.25) is 0 Å². The average Bonchev–Trinajstić information content (AvgIpc) is 3.39. The van der Waals surface area contributed by atoms with Crippen molar-refractivity contribution in [3.63, 3.8) is 0 Å². The number of anilines is 1. The molecule has 5 rings (SSSR count). The summed E-state index contributed by atoms with van der Waals surface area (Å²) in [6.07, 6.45) is 1.74. The van der Waals surface area contributed by atoms with E-state index >= 15 is 0 Å². The summed E-state index contributed by atoms with van der Waals surface area (Å²) in [5.41, 5.74) is 2.63. The Hall–Kier alpha value is -3.94. The molecular formula is C28H24N2O4S. The van der Waals surface area contributed by atoms with E-state index in [0.29, 0.717) is 41.1 Å². The molecule has 1 amide bonds.